The fourth-order valence-corrected chi connectivity index (χ4v) is 4.74. The first-order chi connectivity index (χ1) is 13.6. The topological polar surface area (TPSA) is 48.4 Å². The minimum absolute atomic E-state index is 0.0411. The van der Waals surface area contributed by atoms with Crippen molar-refractivity contribution in [2.75, 3.05) is 20.3 Å². The number of ether oxygens (including phenoxy) is 2. The summed E-state index contributed by atoms with van der Waals surface area (Å²) in [5.41, 5.74) is 3.15. The quantitative estimate of drug-likeness (QED) is 0.622. The highest BCUT2D eigenvalue weighted by Gasteiger charge is 2.33. The van der Waals surface area contributed by atoms with E-state index in [2.05, 4.69) is 6.08 Å². The summed E-state index contributed by atoms with van der Waals surface area (Å²) < 4.78 is 11.0. The Kier molecular flexibility index (Phi) is 5.67. The number of aromatic nitrogens is 1. The van der Waals surface area contributed by atoms with Crippen molar-refractivity contribution >= 4 is 34.3 Å². The van der Waals surface area contributed by atoms with E-state index in [1.54, 1.807) is 18.4 Å². The van der Waals surface area contributed by atoms with E-state index in [1.165, 1.54) is 0 Å². The molecule has 0 bridgehead atoms. The Morgan fingerprint density at radius 1 is 1.25 bits per heavy atom. The molecule has 0 radical (unpaired) electrons. The molecule has 146 valence electrons. The lowest BCUT2D eigenvalue weighted by Gasteiger charge is -2.19. The predicted octanol–water partition coefficient (Wildman–Crippen LogP) is 5.46. The van der Waals surface area contributed by atoms with Crippen LogP contribution < -0.4 is 0 Å². The minimum atomic E-state index is 0.0411. The molecule has 0 N–H and O–H groups in total. The Morgan fingerprint density at radius 3 is 2.64 bits per heavy atom. The molecule has 1 fully saturated rings. The number of carbonyl (C=O) groups excluding carboxylic acids is 1. The number of hydrogen-bond acceptors (Lipinski definition) is 5. The molecule has 1 aliphatic heterocycles. The fourth-order valence-electron chi connectivity index (χ4n) is 3.69. The van der Waals surface area contributed by atoms with Gasteiger partial charge >= 0.3 is 0 Å². The highest BCUT2D eigenvalue weighted by Crippen LogP contribution is 2.40. The molecule has 4 rings (SSSR count). The van der Waals surface area contributed by atoms with Crippen LogP contribution in [0.4, 0.5) is 0 Å². The number of carbonyl (C=O) groups is 1. The summed E-state index contributed by atoms with van der Waals surface area (Å²) in [4.78, 5) is 19.0. The SMILES string of the molecule is COC1=C(c2nc(-c3ccc(Cl)cc3)sc2C)C(=O)/C(=C/C2CCOCC2)C1. The smallest absolute Gasteiger partial charge is 0.194 e. The Bertz CT molecular complexity index is 953. The molecule has 6 heteroatoms. The molecule has 2 aromatic rings. The van der Waals surface area contributed by atoms with Gasteiger partial charge in [-0.25, -0.2) is 4.98 Å². The van der Waals surface area contributed by atoms with Gasteiger partial charge in [0.05, 0.1) is 18.4 Å². The van der Waals surface area contributed by atoms with E-state index in [-0.39, 0.29) is 5.78 Å². The number of rotatable bonds is 4. The molecule has 4 nitrogen and oxygen atoms in total. The maximum atomic E-state index is 13.2. The summed E-state index contributed by atoms with van der Waals surface area (Å²) >= 11 is 7.57. The van der Waals surface area contributed by atoms with Crippen LogP contribution in [0.25, 0.3) is 16.1 Å². The number of ketones is 1. The lowest BCUT2D eigenvalue weighted by atomic mass is 9.95. The van der Waals surface area contributed by atoms with Crippen LogP contribution in [-0.4, -0.2) is 31.1 Å². The van der Waals surface area contributed by atoms with Gasteiger partial charge in [-0.1, -0.05) is 29.8 Å². The van der Waals surface area contributed by atoms with Crippen molar-refractivity contribution in [1.29, 1.82) is 0 Å². The molecular formula is C22H22ClNO3S. The number of methoxy groups -OCH3 is 1. The lowest BCUT2D eigenvalue weighted by Crippen LogP contribution is -2.15. The van der Waals surface area contributed by atoms with Gasteiger partial charge in [-0.3, -0.25) is 4.79 Å². The number of hydrogen-bond donors (Lipinski definition) is 0. The van der Waals surface area contributed by atoms with Crippen molar-refractivity contribution in [3.63, 3.8) is 0 Å². The monoisotopic (exact) mass is 415 g/mol. The van der Waals surface area contributed by atoms with E-state index in [0.29, 0.717) is 28.7 Å². The number of benzene rings is 1. The molecule has 28 heavy (non-hydrogen) atoms. The van der Waals surface area contributed by atoms with Crippen LogP contribution in [-0.2, 0) is 14.3 Å². The third-order valence-electron chi connectivity index (χ3n) is 5.22. The van der Waals surface area contributed by atoms with Crippen molar-refractivity contribution in [3.8, 4) is 10.6 Å². The Labute approximate surface area is 173 Å². The lowest BCUT2D eigenvalue weighted by molar-refractivity contribution is -0.110. The van der Waals surface area contributed by atoms with Crippen LogP contribution in [0.1, 0.15) is 29.8 Å². The number of allylic oxidation sites excluding steroid dienone is 3. The largest absolute Gasteiger partial charge is 0.500 e. The molecule has 0 unspecified atom stereocenters. The number of halogens is 1. The highest BCUT2D eigenvalue weighted by molar-refractivity contribution is 7.15. The van der Waals surface area contributed by atoms with Crippen molar-refractivity contribution < 1.29 is 14.3 Å². The fraction of sp³-hybridized carbons (Fsp3) is 0.364. The van der Waals surface area contributed by atoms with E-state index >= 15 is 0 Å². The Morgan fingerprint density at radius 2 is 1.96 bits per heavy atom. The van der Waals surface area contributed by atoms with E-state index < -0.39 is 0 Å². The molecule has 1 aromatic heterocycles. The Balaban J connectivity index is 1.66. The van der Waals surface area contributed by atoms with Crippen molar-refractivity contribution in [2.24, 2.45) is 5.92 Å². The van der Waals surface area contributed by atoms with E-state index in [9.17, 15) is 4.79 Å². The van der Waals surface area contributed by atoms with Crippen LogP contribution >= 0.6 is 22.9 Å². The van der Waals surface area contributed by atoms with Crippen LogP contribution in [0.2, 0.25) is 5.02 Å². The third-order valence-corrected chi connectivity index (χ3v) is 6.49. The van der Waals surface area contributed by atoms with Gasteiger partial charge in [-0.05, 0) is 37.8 Å². The van der Waals surface area contributed by atoms with E-state index in [4.69, 9.17) is 26.1 Å². The maximum absolute atomic E-state index is 13.2. The second kappa shape index (κ2) is 8.19. The molecule has 0 atom stereocenters. The first-order valence-corrected chi connectivity index (χ1v) is 10.6. The standard InChI is InChI=1S/C22H22ClNO3S/c1-13-20(24-22(28-13)15-3-5-17(23)6-4-15)19-18(26-2)12-16(21(19)25)11-14-7-9-27-10-8-14/h3-6,11,14H,7-10,12H2,1-2H3/b16-11+. The summed E-state index contributed by atoms with van der Waals surface area (Å²) in [6.45, 7) is 3.52. The zero-order chi connectivity index (χ0) is 19.7. The van der Waals surface area contributed by atoms with Gasteiger partial charge in [0.2, 0.25) is 0 Å². The molecular weight excluding hydrogens is 394 g/mol. The van der Waals surface area contributed by atoms with Gasteiger partial charge in [-0.15, -0.1) is 11.3 Å². The van der Waals surface area contributed by atoms with E-state index in [0.717, 1.165) is 52.8 Å². The van der Waals surface area contributed by atoms with Gasteiger partial charge in [0, 0.05) is 40.7 Å². The van der Waals surface area contributed by atoms with Gasteiger partial charge in [0.25, 0.3) is 0 Å². The van der Waals surface area contributed by atoms with Crippen molar-refractivity contribution in [2.45, 2.75) is 26.2 Å². The van der Waals surface area contributed by atoms with Crippen LogP contribution in [0, 0.1) is 12.8 Å². The van der Waals surface area contributed by atoms with Crippen LogP contribution in [0.15, 0.2) is 41.7 Å². The molecule has 2 aliphatic rings. The summed E-state index contributed by atoms with van der Waals surface area (Å²) in [5.74, 6) is 1.14. The maximum Gasteiger partial charge on any atom is 0.194 e. The second-order valence-electron chi connectivity index (χ2n) is 7.08. The summed E-state index contributed by atoms with van der Waals surface area (Å²) in [6, 6.07) is 7.59. The zero-order valence-electron chi connectivity index (χ0n) is 16.0. The normalized spacial score (nSPS) is 19.7. The highest BCUT2D eigenvalue weighted by atomic mass is 35.5. The molecule has 0 saturated carbocycles. The number of nitrogens with zero attached hydrogens (tertiary/aromatic N) is 1. The average molecular weight is 416 g/mol. The van der Waals surface area contributed by atoms with Gasteiger partial charge in [0.15, 0.2) is 5.78 Å². The average Bonchev–Trinajstić information content (AvgIpc) is 3.23. The molecule has 0 amide bonds. The summed E-state index contributed by atoms with van der Waals surface area (Å²) in [5, 5.41) is 1.57. The minimum Gasteiger partial charge on any atom is -0.500 e. The summed E-state index contributed by atoms with van der Waals surface area (Å²) in [7, 11) is 1.63. The van der Waals surface area contributed by atoms with Crippen LogP contribution in [0.5, 0.6) is 0 Å². The number of Topliss-reactive ketones (excluding diaryl/α,β-unsaturated/α-hetero) is 1. The van der Waals surface area contributed by atoms with Crippen molar-refractivity contribution in [3.05, 3.63) is 57.3 Å². The molecule has 1 aliphatic carbocycles. The van der Waals surface area contributed by atoms with E-state index in [1.807, 2.05) is 31.2 Å². The Hall–Kier alpha value is -1.95. The zero-order valence-corrected chi connectivity index (χ0v) is 17.5. The molecule has 1 saturated heterocycles. The van der Waals surface area contributed by atoms with Crippen molar-refractivity contribution in [1.82, 2.24) is 4.98 Å². The predicted molar refractivity (Wildman–Crippen MR) is 112 cm³/mol. The molecule has 2 heterocycles. The van der Waals surface area contributed by atoms with Gasteiger partial charge < -0.3 is 9.47 Å². The van der Waals surface area contributed by atoms with Gasteiger partial charge in [-0.2, -0.15) is 0 Å². The van der Waals surface area contributed by atoms with Gasteiger partial charge in [0.1, 0.15) is 10.8 Å². The molecule has 0 spiro atoms. The first kappa shape index (κ1) is 19.4. The number of aryl methyl sites for hydroxylation is 1. The number of thiazole rings is 1. The first-order valence-electron chi connectivity index (χ1n) is 9.41. The van der Waals surface area contributed by atoms with Crippen LogP contribution in [0.3, 0.4) is 0 Å². The third kappa shape index (κ3) is 3.79. The summed E-state index contributed by atoms with van der Waals surface area (Å²) in [6.07, 6.45) is 4.59. The molecule has 1 aromatic carbocycles. The second-order valence-corrected chi connectivity index (χ2v) is 8.72.